The number of alkyl halides is 3. The Bertz CT molecular complexity index is 991. The molecular formula is C28H41F3N4O4. The van der Waals surface area contributed by atoms with Gasteiger partial charge < -0.3 is 19.7 Å². The number of aromatic nitrogens is 2. The van der Waals surface area contributed by atoms with Gasteiger partial charge >= 0.3 is 12.3 Å². The molecule has 4 saturated carbocycles. The Morgan fingerprint density at radius 2 is 1.72 bits per heavy atom. The van der Waals surface area contributed by atoms with E-state index in [0.717, 1.165) is 50.4 Å². The minimum absolute atomic E-state index is 0.0655. The average molecular weight is 555 g/mol. The second kappa shape index (κ2) is 11.6. The van der Waals surface area contributed by atoms with Gasteiger partial charge in [-0.15, -0.1) is 0 Å². The summed E-state index contributed by atoms with van der Waals surface area (Å²) in [7, 11) is 0. The van der Waals surface area contributed by atoms with E-state index < -0.39 is 18.7 Å². The molecule has 1 N–H and O–H groups in total. The van der Waals surface area contributed by atoms with Gasteiger partial charge in [-0.05, 0) is 86.9 Å². The van der Waals surface area contributed by atoms with Crippen LogP contribution in [-0.2, 0) is 11.3 Å². The minimum Gasteiger partial charge on any atom is -0.468 e. The molecule has 0 atom stereocenters. The van der Waals surface area contributed by atoms with Gasteiger partial charge in [0.1, 0.15) is 5.56 Å². The van der Waals surface area contributed by atoms with E-state index in [4.69, 9.17) is 9.47 Å². The molecule has 0 radical (unpaired) electrons. The van der Waals surface area contributed by atoms with Crippen molar-refractivity contribution in [1.82, 2.24) is 20.0 Å². The van der Waals surface area contributed by atoms with E-state index in [1.54, 1.807) is 4.90 Å². The smallest absolute Gasteiger partial charge is 0.422 e. The Labute approximate surface area is 227 Å². The number of aryl methyl sites for hydroxylation is 1. The highest BCUT2D eigenvalue weighted by atomic mass is 19.4. The van der Waals surface area contributed by atoms with Crippen LogP contribution in [0.25, 0.3) is 0 Å². The number of carbonyl (C=O) groups excluding carboxylic acids is 2. The maximum atomic E-state index is 13.3. The van der Waals surface area contributed by atoms with Crippen LogP contribution in [0.15, 0.2) is 6.20 Å². The molecule has 1 aromatic heterocycles. The fraction of sp³-hybridized carbons (Fsp3) is 0.821. The molecule has 1 saturated heterocycles. The Morgan fingerprint density at radius 3 is 2.31 bits per heavy atom. The molecule has 5 fully saturated rings. The van der Waals surface area contributed by atoms with Crippen LogP contribution in [0.3, 0.4) is 0 Å². The minimum atomic E-state index is -4.53. The molecule has 5 aliphatic rings. The third-order valence-corrected chi connectivity index (χ3v) is 9.09. The summed E-state index contributed by atoms with van der Waals surface area (Å²) >= 11 is 0. The zero-order valence-corrected chi connectivity index (χ0v) is 22.9. The Hall–Kier alpha value is -2.46. The first-order valence-electron chi connectivity index (χ1n) is 14.5. The summed E-state index contributed by atoms with van der Waals surface area (Å²) < 4.78 is 51.1. The van der Waals surface area contributed by atoms with Crippen LogP contribution in [0.4, 0.5) is 18.0 Å². The SMILES string of the molecule is CC(C)COC(=O)N1CCC(CCn2ncc(C(=O)NC3C4CC5CC(C4)CC3C5)c2OCC(F)(F)F)CC1. The monoisotopic (exact) mass is 554 g/mol. The number of amides is 2. The number of halogens is 3. The summed E-state index contributed by atoms with van der Waals surface area (Å²) in [6.45, 7) is 4.38. The Balaban J connectivity index is 1.19. The molecule has 4 bridgehead atoms. The lowest BCUT2D eigenvalue weighted by Crippen LogP contribution is -2.55. The molecule has 39 heavy (non-hydrogen) atoms. The average Bonchev–Trinajstić information content (AvgIpc) is 3.29. The largest absolute Gasteiger partial charge is 0.468 e. The molecule has 218 valence electrons. The molecular weight excluding hydrogens is 513 g/mol. The number of hydrogen-bond donors (Lipinski definition) is 1. The summed E-state index contributed by atoms with van der Waals surface area (Å²) in [6, 6.07) is 0.0709. The normalized spacial score (nSPS) is 28.7. The van der Waals surface area contributed by atoms with Crippen molar-refractivity contribution in [3.8, 4) is 5.88 Å². The van der Waals surface area contributed by atoms with E-state index in [9.17, 15) is 22.8 Å². The van der Waals surface area contributed by atoms with Gasteiger partial charge in [-0.2, -0.15) is 18.3 Å². The van der Waals surface area contributed by atoms with Gasteiger partial charge in [0.15, 0.2) is 6.61 Å². The van der Waals surface area contributed by atoms with E-state index in [-0.39, 0.29) is 35.4 Å². The number of nitrogens with zero attached hydrogens (tertiary/aromatic N) is 3. The predicted octanol–water partition coefficient (Wildman–Crippen LogP) is 5.27. The van der Waals surface area contributed by atoms with E-state index in [0.29, 0.717) is 44.5 Å². The maximum absolute atomic E-state index is 13.3. The lowest BCUT2D eigenvalue weighted by molar-refractivity contribution is -0.154. The molecule has 0 aromatic carbocycles. The molecule has 6 rings (SSSR count). The Morgan fingerprint density at radius 1 is 1.08 bits per heavy atom. The highest BCUT2D eigenvalue weighted by molar-refractivity contribution is 5.96. The second-order valence-electron chi connectivity index (χ2n) is 12.6. The van der Waals surface area contributed by atoms with Crippen LogP contribution in [0.2, 0.25) is 0 Å². The van der Waals surface area contributed by atoms with E-state index in [1.807, 2.05) is 13.8 Å². The van der Waals surface area contributed by atoms with Crippen molar-refractivity contribution in [3.63, 3.8) is 0 Å². The number of rotatable bonds is 9. The fourth-order valence-electron chi connectivity index (χ4n) is 7.42. The van der Waals surface area contributed by atoms with Crippen molar-refractivity contribution in [2.24, 2.45) is 35.5 Å². The summed E-state index contributed by atoms with van der Waals surface area (Å²) in [5.74, 6) is 2.45. The van der Waals surface area contributed by atoms with Crippen LogP contribution in [0.1, 0.15) is 75.6 Å². The van der Waals surface area contributed by atoms with Crippen molar-refractivity contribution in [2.45, 2.75) is 84.0 Å². The number of ether oxygens (including phenoxy) is 2. The molecule has 2 heterocycles. The number of carbonyl (C=O) groups is 2. The zero-order valence-electron chi connectivity index (χ0n) is 22.9. The molecule has 2 amide bonds. The summed E-state index contributed by atoms with van der Waals surface area (Å²) in [5.41, 5.74) is 0.0655. The van der Waals surface area contributed by atoms with Gasteiger partial charge in [-0.25, -0.2) is 9.48 Å². The molecule has 4 aliphatic carbocycles. The van der Waals surface area contributed by atoms with Crippen LogP contribution >= 0.6 is 0 Å². The molecule has 11 heteroatoms. The number of piperidine rings is 1. The first-order chi connectivity index (χ1) is 18.6. The van der Waals surface area contributed by atoms with E-state index in [2.05, 4.69) is 10.4 Å². The quantitative estimate of drug-likeness (QED) is 0.449. The first-order valence-corrected chi connectivity index (χ1v) is 14.5. The van der Waals surface area contributed by atoms with Crippen LogP contribution in [0.5, 0.6) is 5.88 Å². The lowest BCUT2D eigenvalue weighted by atomic mass is 9.54. The summed E-state index contributed by atoms with van der Waals surface area (Å²) in [4.78, 5) is 27.2. The predicted molar refractivity (Wildman–Crippen MR) is 137 cm³/mol. The lowest BCUT2D eigenvalue weighted by Gasteiger charge is -2.54. The molecule has 8 nitrogen and oxygen atoms in total. The molecule has 0 unspecified atom stereocenters. The van der Waals surface area contributed by atoms with Gasteiger partial charge in [-0.3, -0.25) is 4.79 Å². The van der Waals surface area contributed by atoms with Gasteiger partial charge in [0.25, 0.3) is 5.91 Å². The molecule has 1 aromatic rings. The van der Waals surface area contributed by atoms with E-state index >= 15 is 0 Å². The highest BCUT2D eigenvalue weighted by Crippen LogP contribution is 2.53. The second-order valence-corrected chi connectivity index (χ2v) is 12.6. The van der Waals surface area contributed by atoms with Crippen molar-refractivity contribution < 1.29 is 32.2 Å². The van der Waals surface area contributed by atoms with Gasteiger partial charge in [-0.1, -0.05) is 13.8 Å². The van der Waals surface area contributed by atoms with E-state index in [1.165, 1.54) is 17.3 Å². The highest BCUT2D eigenvalue weighted by Gasteiger charge is 2.49. The Kier molecular flexibility index (Phi) is 8.33. The van der Waals surface area contributed by atoms with Crippen molar-refractivity contribution >= 4 is 12.0 Å². The van der Waals surface area contributed by atoms with Gasteiger partial charge in [0, 0.05) is 25.7 Å². The van der Waals surface area contributed by atoms with Crippen LogP contribution in [-0.4, -0.2) is 65.2 Å². The summed E-state index contributed by atoms with van der Waals surface area (Å²) in [5, 5.41) is 7.43. The summed E-state index contributed by atoms with van der Waals surface area (Å²) in [6.07, 6.45) is 4.54. The van der Waals surface area contributed by atoms with Crippen molar-refractivity contribution in [2.75, 3.05) is 26.3 Å². The third kappa shape index (κ3) is 6.82. The van der Waals surface area contributed by atoms with Gasteiger partial charge in [0.2, 0.25) is 5.88 Å². The standard InChI is InChI=1S/C28H41F3N4O4/c1-17(2)15-38-27(37)34-6-3-18(4-7-34)5-8-35-26(39-16-28(29,30)31)23(14-32-35)25(36)33-24-21-10-19-9-20(12-21)13-22(24)11-19/h14,17-22,24H,3-13,15-16H2,1-2H3,(H,33,36). The first kappa shape index (κ1) is 28.1. The fourth-order valence-corrected chi connectivity index (χ4v) is 7.42. The van der Waals surface area contributed by atoms with Crippen LogP contribution < -0.4 is 10.1 Å². The zero-order chi connectivity index (χ0) is 27.7. The van der Waals surface area contributed by atoms with Crippen molar-refractivity contribution in [3.05, 3.63) is 11.8 Å². The molecule has 1 aliphatic heterocycles. The van der Waals surface area contributed by atoms with Crippen molar-refractivity contribution in [1.29, 1.82) is 0 Å². The number of likely N-dealkylation sites (tertiary alicyclic amines) is 1. The van der Waals surface area contributed by atoms with Crippen LogP contribution in [0, 0.1) is 35.5 Å². The number of nitrogens with one attached hydrogen (secondary N) is 1. The maximum Gasteiger partial charge on any atom is 0.422 e. The molecule has 0 spiro atoms. The van der Waals surface area contributed by atoms with Gasteiger partial charge in [0.05, 0.1) is 12.8 Å². The topological polar surface area (TPSA) is 85.7 Å². The number of hydrogen-bond acceptors (Lipinski definition) is 5. The third-order valence-electron chi connectivity index (χ3n) is 9.09.